The second kappa shape index (κ2) is 18.5. The van der Waals surface area contributed by atoms with Crippen LogP contribution in [0, 0.1) is 5.92 Å². The Kier molecular flexibility index (Phi) is 10.2. The first-order valence-electron chi connectivity index (χ1n) is 29.5. The van der Waals surface area contributed by atoms with Gasteiger partial charge in [0.1, 0.15) is 24.0 Å². The zero-order valence-electron chi connectivity index (χ0n) is 50.6. The van der Waals surface area contributed by atoms with E-state index in [1.807, 2.05) is 92.8 Å². The molecule has 0 radical (unpaired) electrons. The summed E-state index contributed by atoms with van der Waals surface area (Å²) in [5.41, 5.74) is 12.4. The number of ether oxygens (including phenoxy) is 1. The third-order valence-electron chi connectivity index (χ3n) is 15.6. The van der Waals surface area contributed by atoms with Gasteiger partial charge in [0.15, 0.2) is 0 Å². The predicted molar refractivity (Wildman–Crippen MR) is 316 cm³/mol. The summed E-state index contributed by atoms with van der Waals surface area (Å²) < 4.78 is 67.0. The van der Waals surface area contributed by atoms with Crippen molar-refractivity contribution in [2.24, 2.45) is 5.92 Å². The van der Waals surface area contributed by atoms with Crippen molar-refractivity contribution in [3.63, 3.8) is 0 Å². The minimum atomic E-state index is -1.84. The molecule has 8 aromatic carbocycles. The molecule has 2 aliphatic rings. The molecule has 0 bridgehead atoms. The van der Waals surface area contributed by atoms with Crippen LogP contribution in [0.15, 0.2) is 194 Å². The average molecular weight is 987 g/mol. The summed E-state index contributed by atoms with van der Waals surface area (Å²) in [4.78, 5) is 9.37. The van der Waals surface area contributed by atoms with Crippen LogP contribution >= 0.6 is 0 Å². The molecule has 75 heavy (non-hydrogen) atoms. The Bertz CT molecular complexity index is 4140. The van der Waals surface area contributed by atoms with E-state index in [1.165, 1.54) is 16.7 Å². The number of nitrogens with zero attached hydrogens (tertiary/aromatic N) is 4. The zero-order chi connectivity index (χ0) is 57.1. The normalized spacial score (nSPS) is 16.2. The standard InChI is InChI=1S/C70H68N4O/c1-46(2)37-47-38-58(50-22-17-21-49(40-50)48-19-11-10-12-20-48)67(59(39-47)51-29-32-60-61(41-51)70(8,9)35-34-69(60,6)7)73-45-72(63-27-15-16-28-64(63)73)53-23-18-24-54(43-53)75-55-30-31-57-56-25-13-14-26-62(56)74(65(57)44-55)66-42-52(33-36-71-66)68(3,4)5/h10-33,36,38-44,46H,34-35,37,45H2,1-9H3/i17D,21D,22D,37D2,40D. The van der Waals surface area contributed by atoms with Crippen molar-refractivity contribution < 1.29 is 13.0 Å². The molecule has 0 atom stereocenters. The van der Waals surface area contributed by atoms with Crippen molar-refractivity contribution in [2.45, 2.75) is 97.8 Å². The quantitative estimate of drug-likeness (QED) is 0.137. The second-order valence-corrected chi connectivity index (χ2v) is 23.1. The highest BCUT2D eigenvalue weighted by Crippen LogP contribution is 2.53. The first kappa shape index (κ1) is 41.5. The summed E-state index contributed by atoms with van der Waals surface area (Å²) in [5.74, 6) is 1.72. The molecule has 12 rings (SSSR count). The highest BCUT2D eigenvalue weighted by Gasteiger charge is 2.38. The van der Waals surface area contributed by atoms with E-state index in [0.717, 1.165) is 68.7 Å². The van der Waals surface area contributed by atoms with E-state index < -0.39 is 12.3 Å². The minimum Gasteiger partial charge on any atom is -0.457 e. The number of fused-ring (bicyclic) bond motifs is 5. The highest BCUT2D eigenvalue weighted by molar-refractivity contribution is 6.09. The van der Waals surface area contributed by atoms with Gasteiger partial charge in [-0.1, -0.05) is 165 Å². The SMILES string of the molecule is [2H]c1c([2H])c(-c2ccccc2)c([2H])c(-c2cc(C([2H])([2H])C(C)C)cc(-c3ccc4c(c3)C(C)(C)CCC4(C)C)c2N2CN(c3cccc(Oc4ccc5c6ccccc6n(-c6cc(C(C)(C)C)ccn6)c5c4)c3)c3ccccc32)c1[2H]. The Labute approximate surface area is 452 Å². The minimum absolute atomic E-state index is 0.0551. The smallest absolute Gasteiger partial charge is 0.137 e. The maximum Gasteiger partial charge on any atom is 0.137 e. The molecule has 0 unspecified atom stereocenters. The maximum absolute atomic E-state index is 10.1. The molecule has 1 aliphatic carbocycles. The summed E-state index contributed by atoms with van der Waals surface area (Å²) in [7, 11) is 0. The van der Waals surface area contributed by atoms with Crippen molar-refractivity contribution in [3.8, 4) is 50.7 Å². The van der Waals surface area contributed by atoms with Gasteiger partial charge in [-0.05, 0) is 159 Å². The van der Waals surface area contributed by atoms with E-state index in [0.29, 0.717) is 40.5 Å². The summed E-state index contributed by atoms with van der Waals surface area (Å²) in [6.07, 6.45) is 2.10. The Morgan fingerprint density at radius 2 is 1.29 bits per heavy atom. The highest BCUT2D eigenvalue weighted by atomic mass is 16.5. The number of para-hydroxylation sites is 3. The summed E-state index contributed by atoms with van der Waals surface area (Å²) in [5, 5.41) is 2.22. The number of benzene rings is 8. The van der Waals surface area contributed by atoms with Crippen LogP contribution in [-0.2, 0) is 22.6 Å². The lowest BCUT2D eigenvalue weighted by Crippen LogP contribution is -2.33. The molecule has 0 saturated carbocycles. The molecule has 2 aromatic heterocycles. The van der Waals surface area contributed by atoms with Gasteiger partial charge in [0.25, 0.3) is 0 Å². The van der Waals surface area contributed by atoms with E-state index in [9.17, 15) is 8.22 Å². The van der Waals surface area contributed by atoms with Crippen LogP contribution in [0.4, 0.5) is 22.7 Å². The Morgan fingerprint density at radius 1 is 0.613 bits per heavy atom. The molecule has 374 valence electrons. The number of anilines is 4. The number of hydrogen-bond acceptors (Lipinski definition) is 4. The number of hydrogen-bond donors (Lipinski definition) is 0. The third-order valence-corrected chi connectivity index (χ3v) is 15.6. The van der Waals surface area contributed by atoms with Gasteiger partial charge < -0.3 is 14.5 Å². The molecule has 5 heteroatoms. The first-order chi connectivity index (χ1) is 38.5. The van der Waals surface area contributed by atoms with E-state index in [1.54, 1.807) is 0 Å². The van der Waals surface area contributed by atoms with Crippen molar-refractivity contribution in [1.29, 1.82) is 0 Å². The van der Waals surface area contributed by atoms with Crippen LogP contribution in [-0.4, -0.2) is 16.2 Å². The van der Waals surface area contributed by atoms with Crippen LogP contribution in [0.1, 0.15) is 106 Å². The average Bonchev–Trinajstić information content (AvgIpc) is 4.10. The van der Waals surface area contributed by atoms with Crippen LogP contribution in [0.3, 0.4) is 0 Å². The van der Waals surface area contributed by atoms with Crippen molar-refractivity contribution in [1.82, 2.24) is 9.55 Å². The second-order valence-electron chi connectivity index (χ2n) is 23.1. The molecule has 0 spiro atoms. The fraction of sp³-hybridized carbons (Fsp3) is 0.243. The molecule has 3 heterocycles. The lowest BCUT2D eigenvalue weighted by Gasteiger charge is -2.42. The predicted octanol–water partition coefficient (Wildman–Crippen LogP) is 19.1. The molecule has 0 amide bonds. The lowest BCUT2D eigenvalue weighted by atomic mass is 9.63. The van der Waals surface area contributed by atoms with Crippen LogP contribution < -0.4 is 14.5 Å². The Morgan fingerprint density at radius 3 is 2.07 bits per heavy atom. The van der Waals surface area contributed by atoms with Crippen molar-refractivity contribution >= 4 is 44.6 Å². The van der Waals surface area contributed by atoms with Gasteiger partial charge >= 0.3 is 0 Å². The number of aromatic nitrogens is 2. The van der Waals surface area contributed by atoms with E-state index >= 15 is 0 Å². The molecule has 0 saturated heterocycles. The Hall–Kier alpha value is -7.89. The summed E-state index contributed by atoms with van der Waals surface area (Å²) in [6.45, 7) is 19.9. The van der Waals surface area contributed by atoms with Gasteiger partial charge in [-0.3, -0.25) is 4.57 Å². The van der Waals surface area contributed by atoms with Gasteiger partial charge in [0, 0.05) is 48.7 Å². The molecule has 1 aliphatic heterocycles. The third kappa shape index (κ3) is 8.86. The van der Waals surface area contributed by atoms with Crippen LogP contribution in [0.2, 0.25) is 0 Å². The molecule has 10 aromatic rings. The fourth-order valence-electron chi connectivity index (χ4n) is 11.5. The maximum atomic E-state index is 10.1. The topological polar surface area (TPSA) is 33.5 Å². The van der Waals surface area contributed by atoms with Gasteiger partial charge in [0.05, 0.1) is 33.6 Å². The van der Waals surface area contributed by atoms with Crippen molar-refractivity contribution in [3.05, 3.63) is 216 Å². The number of rotatable bonds is 10. The van der Waals surface area contributed by atoms with Gasteiger partial charge in [-0.25, -0.2) is 4.98 Å². The molecular formula is C70H68N4O. The van der Waals surface area contributed by atoms with Crippen LogP contribution in [0.25, 0.3) is 61.0 Å². The molecule has 5 nitrogen and oxygen atoms in total. The fourth-order valence-corrected chi connectivity index (χ4v) is 11.5. The van der Waals surface area contributed by atoms with E-state index in [-0.39, 0.29) is 51.5 Å². The number of pyridine rings is 1. The summed E-state index contributed by atoms with van der Waals surface area (Å²) >= 11 is 0. The molecule has 0 N–H and O–H groups in total. The summed E-state index contributed by atoms with van der Waals surface area (Å²) in [6, 6.07) is 54.3. The van der Waals surface area contributed by atoms with Crippen molar-refractivity contribution in [2.75, 3.05) is 16.5 Å². The van der Waals surface area contributed by atoms with E-state index in [4.69, 9.17) is 9.72 Å². The molecule has 0 fully saturated rings. The Balaban J connectivity index is 1.04. The van der Waals surface area contributed by atoms with E-state index in [2.05, 4.69) is 154 Å². The van der Waals surface area contributed by atoms with Gasteiger partial charge in [-0.2, -0.15) is 0 Å². The monoisotopic (exact) mass is 987 g/mol. The van der Waals surface area contributed by atoms with Crippen LogP contribution in [0.5, 0.6) is 11.5 Å². The molecular weight excluding hydrogens is 913 g/mol. The van der Waals surface area contributed by atoms with Gasteiger partial charge in [0.2, 0.25) is 0 Å². The lowest BCUT2D eigenvalue weighted by molar-refractivity contribution is 0.332. The largest absolute Gasteiger partial charge is 0.457 e. The zero-order valence-corrected chi connectivity index (χ0v) is 44.6. The first-order valence-corrected chi connectivity index (χ1v) is 26.5. The van der Waals surface area contributed by atoms with Gasteiger partial charge in [-0.15, -0.1) is 0 Å².